The topological polar surface area (TPSA) is 38.3 Å². The van der Waals surface area contributed by atoms with Crippen LogP contribution in [0.1, 0.15) is 19.8 Å². The highest BCUT2D eigenvalue weighted by atomic mass is 32.2. The Morgan fingerprint density at radius 3 is 2.92 bits per heavy atom. The van der Waals surface area contributed by atoms with E-state index in [2.05, 4.69) is 11.6 Å². The second-order valence-electron chi connectivity index (χ2n) is 2.25. The van der Waals surface area contributed by atoms with Gasteiger partial charge in [-0.05, 0) is 12.7 Å². The number of rotatable bonds is 7. The van der Waals surface area contributed by atoms with Crippen LogP contribution in [0, 0.1) is 0 Å². The number of ether oxygens (including phenoxy) is 1. The van der Waals surface area contributed by atoms with E-state index in [0.29, 0.717) is 18.9 Å². The van der Waals surface area contributed by atoms with E-state index in [1.165, 1.54) is 11.9 Å². The summed E-state index contributed by atoms with van der Waals surface area (Å²) in [6, 6.07) is 0. The lowest BCUT2D eigenvalue weighted by Gasteiger charge is -2.05. The van der Waals surface area contributed by atoms with Crippen LogP contribution in [0.3, 0.4) is 0 Å². The second kappa shape index (κ2) is 8.65. The quantitative estimate of drug-likeness (QED) is 0.284. The van der Waals surface area contributed by atoms with Crippen molar-refractivity contribution < 1.29 is 9.53 Å². The summed E-state index contributed by atoms with van der Waals surface area (Å²) < 4.78 is 8.07. The van der Waals surface area contributed by atoms with Crippen molar-refractivity contribution >= 4 is 17.9 Å². The summed E-state index contributed by atoms with van der Waals surface area (Å²) in [6.07, 6.45) is 3.95. The molecule has 0 aliphatic carbocycles. The maximum Gasteiger partial charge on any atom is 0.194 e. The monoisotopic (exact) mass is 189 g/mol. The molecule has 0 aliphatic heterocycles. The van der Waals surface area contributed by atoms with E-state index in [1.54, 1.807) is 5.94 Å². The fourth-order valence-corrected chi connectivity index (χ4v) is 0.869. The van der Waals surface area contributed by atoms with Gasteiger partial charge in [0.1, 0.15) is 0 Å². The van der Waals surface area contributed by atoms with E-state index in [0.717, 1.165) is 12.8 Å². The lowest BCUT2D eigenvalue weighted by molar-refractivity contribution is 0.206. The molecule has 0 amide bonds. The van der Waals surface area contributed by atoms with Crippen LogP contribution in [0.4, 0.5) is 0 Å². The first-order chi connectivity index (χ1) is 5.85. The highest BCUT2D eigenvalue weighted by Gasteiger charge is 1.97. The summed E-state index contributed by atoms with van der Waals surface area (Å²) in [4.78, 5) is 10.3. The summed E-state index contributed by atoms with van der Waals surface area (Å²) in [5.74, 6) is 2.12. The molecule has 3 nitrogen and oxygen atoms in total. The number of carbonyl (C=O) groups excluding carboxylic acids is 1. The Bertz CT molecular complexity index is 155. The Labute approximate surface area is 77.7 Å². The highest BCUT2D eigenvalue weighted by molar-refractivity contribution is 7.96. The zero-order valence-corrected chi connectivity index (χ0v) is 8.37. The smallest absolute Gasteiger partial charge is 0.194 e. The van der Waals surface area contributed by atoms with E-state index in [4.69, 9.17) is 4.74 Å². The molecule has 0 radical (unpaired) electrons. The molecule has 0 rings (SSSR count). The van der Waals surface area contributed by atoms with Gasteiger partial charge >= 0.3 is 0 Å². The molecular weight excluding hydrogens is 174 g/mol. The molecule has 1 N–H and O–H groups in total. The van der Waals surface area contributed by atoms with Crippen molar-refractivity contribution in [3.63, 3.8) is 0 Å². The van der Waals surface area contributed by atoms with Crippen molar-refractivity contribution in [1.29, 1.82) is 0 Å². The Morgan fingerprint density at radius 1 is 1.67 bits per heavy atom. The first-order valence-corrected chi connectivity index (χ1v) is 5.20. The molecule has 0 aromatic carbocycles. The van der Waals surface area contributed by atoms with Crippen molar-refractivity contribution in [3.8, 4) is 0 Å². The van der Waals surface area contributed by atoms with Crippen molar-refractivity contribution in [3.05, 3.63) is 5.76 Å². The Kier molecular flexibility index (Phi) is 8.34. The minimum Gasteiger partial charge on any atom is -0.485 e. The highest BCUT2D eigenvalue weighted by Crippen LogP contribution is 1.96. The third-order valence-electron chi connectivity index (χ3n) is 1.27. The fourth-order valence-electron chi connectivity index (χ4n) is 0.594. The van der Waals surface area contributed by atoms with Gasteiger partial charge in [-0.15, -0.1) is 0 Å². The van der Waals surface area contributed by atoms with Crippen LogP contribution < -0.4 is 4.72 Å². The normalized spacial score (nSPS) is 9.17. The minimum atomic E-state index is 0.359. The summed E-state index contributed by atoms with van der Waals surface area (Å²) in [5, 5.41) is 0. The molecule has 0 spiro atoms. The van der Waals surface area contributed by atoms with Gasteiger partial charge in [0.05, 0.1) is 13.2 Å². The Hall–Kier alpha value is -0.440. The molecule has 0 fully saturated rings. The molecule has 0 saturated carbocycles. The SMILES string of the molecule is CCCCOC(=C=O)CNSC. The average Bonchev–Trinajstić information content (AvgIpc) is 2.11. The second-order valence-corrected chi connectivity index (χ2v) is 2.95. The molecule has 0 atom stereocenters. The minimum absolute atomic E-state index is 0.359. The molecule has 0 bridgehead atoms. The maximum absolute atomic E-state index is 10.3. The van der Waals surface area contributed by atoms with Gasteiger partial charge in [-0.1, -0.05) is 25.3 Å². The number of hydrogen-bond donors (Lipinski definition) is 1. The molecule has 0 saturated heterocycles. The molecule has 12 heavy (non-hydrogen) atoms. The van der Waals surface area contributed by atoms with E-state index >= 15 is 0 Å². The number of unbranched alkanes of at least 4 members (excludes halogenated alkanes) is 1. The van der Waals surface area contributed by atoms with E-state index in [-0.39, 0.29) is 0 Å². The van der Waals surface area contributed by atoms with Gasteiger partial charge in [-0.2, -0.15) is 0 Å². The Morgan fingerprint density at radius 2 is 2.42 bits per heavy atom. The van der Waals surface area contributed by atoms with Crippen LogP contribution in [0.25, 0.3) is 0 Å². The lowest BCUT2D eigenvalue weighted by atomic mass is 10.4. The number of hydrogen-bond acceptors (Lipinski definition) is 4. The number of nitrogens with one attached hydrogen (secondary N) is 1. The molecular formula is C8H15NO2S. The first kappa shape index (κ1) is 11.6. The van der Waals surface area contributed by atoms with Crippen molar-refractivity contribution in [2.24, 2.45) is 0 Å². The average molecular weight is 189 g/mol. The largest absolute Gasteiger partial charge is 0.485 e. The van der Waals surface area contributed by atoms with E-state index in [1.807, 2.05) is 6.26 Å². The van der Waals surface area contributed by atoms with Gasteiger partial charge in [0.25, 0.3) is 0 Å². The first-order valence-electron chi connectivity index (χ1n) is 3.97. The summed E-state index contributed by atoms with van der Waals surface area (Å²) >= 11 is 1.45. The van der Waals surface area contributed by atoms with Gasteiger partial charge < -0.3 is 4.74 Å². The molecule has 4 heteroatoms. The van der Waals surface area contributed by atoms with E-state index in [9.17, 15) is 4.79 Å². The Balaban J connectivity index is 3.48. The zero-order chi connectivity index (χ0) is 9.23. The predicted octanol–water partition coefficient (Wildman–Crippen LogP) is 1.39. The standard InChI is InChI=1S/C8H15NO2S/c1-3-4-5-11-8(7-10)6-9-12-2/h9H,3-6H2,1-2H3. The van der Waals surface area contributed by atoms with Crippen LogP contribution in [0.15, 0.2) is 5.76 Å². The molecule has 0 aliphatic rings. The van der Waals surface area contributed by atoms with Gasteiger partial charge in [-0.3, -0.25) is 4.72 Å². The lowest BCUT2D eigenvalue weighted by Crippen LogP contribution is -2.11. The molecule has 0 unspecified atom stereocenters. The fraction of sp³-hybridized carbons (Fsp3) is 0.750. The van der Waals surface area contributed by atoms with Crippen LogP contribution in [-0.4, -0.2) is 25.3 Å². The summed E-state index contributed by atoms with van der Waals surface area (Å²) in [7, 11) is 0. The van der Waals surface area contributed by atoms with Crippen molar-refractivity contribution in [2.45, 2.75) is 19.8 Å². The predicted molar refractivity (Wildman–Crippen MR) is 51.6 cm³/mol. The molecule has 0 heterocycles. The van der Waals surface area contributed by atoms with Gasteiger partial charge in [0.15, 0.2) is 11.7 Å². The third-order valence-corrected chi connectivity index (χ3v) is 1.70. The van der Waals surface area contributed by atoms with Crippen LogP contribution >= 0.6 is 11.9 Å². The molecule has 0 aromatic heterocycles. The van der Waals surface area contributed by atoms with Crippen LogP contribution in [0.5, 0.6) is 0 Å². The van der Waals surface area contributed by atoms with Gasteiger partial charge in [0.2, 0.25) is 0 Å². The van der Waals surface area contributed by atoms with Crippen molar-refractivity contribution in [2.75, 3.05) is 19.4 Å². The molecule has 70 valence electrons. The zero-order valence-electron chi connectivity index (χ0n) is 7.55. The maximum atomic E-state index is 10.3. The van der Waals surface area contributed by atoms with Crippen LogP contribution in [-0.2, 0) is 9.53 Å². The molecule has 0 aromatic rings. The van der Waals surface area contributed by atoms with Crippen LogP contribution in [0.2, 0.25) is 0 Å². The van der Waals surface area contributed by atoms with E-state index < -0.39 is 0 Å². The third kappa shape index (κ3) is 6.28. The summed E-state index contributed by atoms with van der Waals surface area (Å²) in [5.41, 5.74) is 0. The summed E-state index contributed by atoms with van der Waals surface area (Å²) in [6.45, 7) is 3.14. The van der Waals surface area contributed by atoms with Gasteiger partial charge in [-0.25, -0.2) is 4.79 Å². The van der Waals surface area contributed by atoms with Crippen molar-refractivity contribution in [1.82, 2.24) is 4.72 Å². The van der Waals surface area contributed by atoms with Gasteiger partial charge in [0, 0.05) is 0 Å².